The molecule has 2 N–H and O–H groups in total. The van der Waals surface area contributed by atoms with Crippen molar-refractivity contribution in [3.05, 3.63) is 96.2 Å². The van der Waals surface area contributed by atoms with Gasteiger partial charge < -0.3 is 20.1 Å². The summed E-state index contributed by atoms with van der Waals surface area (Å²) in [5.41, 5.74) is 4.07. The zero-order chi connectivity index (χ0) is 23.8. The summed E-state index contributed by atoms with van der Waals surface area (Å²) in [5, 5.41) is 6.21. The van der Waals surface area contributed by atoms with Crippen molar-refractivity contribution in [2.24, 2.45) is 0 Å². The van der Waals surface area contributed by atoms with Gasteiger partial charge in [-0.2, -0.15) is 0 Å². The van der Waals surface area contributed by atoms with Crippen molar-refractivity contribution in [1.29, 1.82) is 0 Å². The minimum absolute atomic E-state index is 0.155. The fraction of sp³-hybridized carbons (Fsp3) is 0.148. The summed E-state index contributed by atoms with van der Waals surface area (Å²) in [6, 6.07) is 24.4. The number of hydrogen-bond donors (Lipinski definition) is 2. The van der Waals surface area contributed by atoms with Gasteiger partial charge in [-0.3, -0.25) is 4.79 Å². The van der Waals surface area contributed by atoms with Crippen LogP contribution in [0.4, 0.5) is 11.6 Å². The Labute approximate surface area is 198 Å². The van der Waals surface area contributed by atoms with Gasteiger partial charge in [-0.15, -0.1) is 0 Å². The highest BCUT2D eigenvalue weighted by Gasteiger charge is 2.08. The van der Waals surface area contributed by atoms with Crippen LogP contribution in [-0.2, 0) is 6.42 Å². The number of amides is 1. The van der Waals surface area contributed by atoms with Crippen molar-refractivity contribution in [3.8, 4) is 22.8 Å². The molecule has 0 atom stereocenters. The summed E-state index contributed by atoms with van der Waals surface area (Å²) in [5.74, 6) is 1.80. The Hall–Kier alpha value is -4.39. The molecule has 0 aliphatic rings. The third kappa shape index (κ3) is 5.69. The normalized spacial score (nSPS) is 10.4. The van der Waals surface area contributed by atoms with E-state index in [4.69, 9.17) is 9.47 Å². The van der Waals surface area contributed by atoms with Crippen molar-refractivity contribution >= 4 is 17.5 Å². The average molecular weight is 455 g/mol. The van der Waals surface area contributed by atoms with E-state index in [1.165, 1.54) is 0 Å². The fourth-order valence-electron chi connectivity index (χ4n) is 3.51. The minimum Gasteiger partial charge on any atom is -0.493 e. The monoisotopic (exact) mass is 454 g/mol. The largest absolute Gasteiger partial charge is 0.493 e. The number of hydrogen-bond acceptors (Lipinski definition) is 6. The molecule has 4 rings (SSSR count). The number of anilines is 2. The van der Waals surface area contributed by atoms with E-state index in [2.05, 4.69) is 20.6 Å². The number of carbonyl (C=O) groups excluding carboxylic acids is 1. The quantitative estimate of drug-likeness (QED) is 0.367. The Kier molecular flexibility index (Phi) is 7.35. The molecule has 7 heteroatoms. The summed E-state index contributed by atoms with van der Waals surface area (Å²) in [7, 11) is 3.25. The van der Waals surface area contributed by atoms with Crippen LogP contribution in [0.1, 0.15) is 15.9 Å². The molecule has 0 radical (unpaired) electrons. The lowest BCUT2D eigenvalue weighted by Crippen LogP contribution is -2.11. The van der Waals surface area contributed by atoms with Crippen molar-refractivity contribution in [1.82, 2.24) is 9.97 Å². The van der Waals surface area contributed by atoms with E-state index in [-0.39, 0.29) is 5.91 Å². The Bertz CT molecular complexity index is 1260. The summed E-state index contributed by atoms with van der Waals surface area (Å²) in [6.45, 7) is 0.659. The predicted octanol–water partition coefficient (Wildman–Crippen LogP) is 5.07. The van der Waals surface area contributed by atoms with Crippen LogP contribution in [-0.4, -0.2) is 36.6 Å². The lowest BCUT2D eigenvalue weighted by Gasteiger charge is -2.11. The number of methoxy groups -OCH3 is 2. The molecular formula is C27H26N4O3. The molecule has 1 aromatic heterocycles. The summed E-state index contributed by atoms with van der Waals surface area (Å²) < 4.78 is 10.7. The number of benzene rings is 3. The highest BCUT2D eigenvalue weighted by atomic mass is 16.5. The maximum atomic E-state index is 12.5. The summed E-state index contributed by atoms with van der Waals surface area (Å²) in [4.78, 5) is 21.4. The van der Waals surface area contributed by atoms with Crippen LogP contribution in [0.2, 0.25) is 0 Å². The smallest absolute Gasteiger partial charge is 0.255 e. The van der Waals surface area contributed by atoms with Crippen molar-refractivity contribution < 1.29 is 14.3 Å². The van der Waals surface area contributed by atoms with Crippen LogP contribution >= 0.6 is 0 Å². The van der Waals surface area contributed by atoms with Crippen LogP contribution in [0.15, 0.2) is 85.1 Å². The van der Waals surface area contributed by atoms with E-state index in [1.807, 2.05) is 66.7 Å². The summed E-state index contributed by atoms with van der Waals surface area (Å²) in [6.07, 6.45) is 2.49. The molecule has 0 aliphatic carbocycles. The van der Waals surface area contributed by atoms with Gasteiger partial charge in [0.15, 0.2) is 11.5 Å². The second-order valence-electron chi connectivity index (χ2n) is 7.53. The molecule has 0 saturated heterocycles. The summed E-state index contributed by atoms with van der Waals surface area (Å²) >= 11 is 0. The highest BCUT2D eigenvalue weighted by Crippen LogP contribution is 2.27. The Morgan fingerprint density at radius 1 is 0.882 bits per heavy atom. The van der Waals surface area contributed by atoms with Gasteiger partial charge in [0.2, 0.25) is 5.95 Å². The number of ether oxygens (including phenoxy) is 2. The van der Waals surface area contributed by atoms with Crippen molar-refractivity contribution in [2.45, 2.75) is 6.42 Å². The number of nitrogens with one attached hydrogen (secondary N) is 2. The first-order valence-corrected chi connectivity index (χ1v) is 10.9. The molecule has 1 amide bonds. The molecule has 4 aromatic rings. The standard InChI is InChI=1S/C27H26N4O3/c1-33-24-12-11-19(17-25(24)34-2)13-15-28-27-29-16-14-23(31-27)21-9-6-10-22(18-21)30-26(32)20-7-4-3-5-8-20/h3-12,14,16-18H,13,15H2,1-2H3,(H,30,32)(H,28,29,31). The molecule has 0 fully saturated rings. The Morgan fingerprint density at radius 2 is 1.71 bits per heavy atom. The zero-order valence-electron chi connectivity index (χ0n) is 19.1. The number of aromatic nitrogens is 2. The molecule has 172 valence electrons. The van der Waals surface area contributed by atoms with E-state index in [0.717, 1.165) is 23.2 Å². The zero-order valence-corrected chi connectivity index (χ0v) is 19.1. The molecular weight excluding hydrogens is 428 g/mol. The fourth-order valence-corrected chi connectivity index (χ4v) is 3.51. The SMILES string of the molecule is COc1ccc(CCNc2nccc(-c3cccc(NC(=O)c4ccccc4)c3)n2)cc1OC. The Morgan fingerprint density at radius 3 is 2.50 bits per heavy atom. The van der Waals surface area contributed by atoms with E-state index >= 15 is 0 Å². The first kappa shape index (κ1) is 22.8. The van der Waals surface area contributed by atoms with Gasteiger partial charge >= 0.3 is 0 Å². The predicted molar refractivity (Wildman–Crippen MR) is 134 cm³/mol. The second-order valence-corrected chi connectivity index (χ2v) is 7.53. The molecule has 34 heavy (non-hydrogen) atoms. The van der Waals surface area contributed by atoms with Gasteiger partial charge in [-0.1, -0.05) is 36.4 Å². The maximum Gasteiger partial charge on any atom is 0.255 e. The topological polar surface area (TPSA) is 85.4 Å². The number of carbonyl (C=O) groups is 1. The van der Waals surface area contributed by atoms with E-state index < -0.39 is 0 Å². The number of rotatable bonds is 9. The molecule has 7 nitrogen and oxygen atoms in total. The molecule has 0 unspecified atom stereocenters. The van der Waals surface area contributed by atoms with Crippen LogP contribution < -0.4 is 20.1 Å². The maximum absolute atomic E-state index is 12.5. The first-order chi connectivity index (χ1) is 16.7. The third-order valence-electron chi connectivity index (χ3n) is 5.25. The highest BCUT2D eigenvalue weighted by molar-refractivity contribution is 6.04. The van der Waals surface area contributed by atoms with Crippen molar-refractivity contribution in [2.75, 3.05) is 31.4 Å². The van der Waals surface area contributed by atoms with Gasteiger partial charge in [0.1, 0.15) is 0 Å². The van der Waals surface area contributed by atoms with Crippen molar-refractivity contribution in [3.63, 3.8) is 0 Å². The average Bonchev–Trinajstić information content (AvgIpc) is 2.89. The van der Waals surface area contributed by atoms with Crippen LogP contribution in [0.25, 0.3) is 11.3 Å². The van der Waals surface area contributed by atoms with Gasteiger partial charge in [0, 0.05) is 29.6 Å². The molecule has 0 bridgehead atoms. The molecule has 0 saturated carbocycles. The Balaban J connectivity index is 1.40. The van der Waals surface area contributed by atoms with Crippen LogP contribution in [0.3, 0.4) is 0 Å². The number of nitrogens with zero attached hydrogens (tertiary/aromatic N) is 2. The lowest BCUT2D eigenvalue weighted by atomic mass is 10.1. The minimum atomic E-state index is -0.155. The molecule has 1 heterocycles. The second kappa shape index (κ2) is 11.0. The van der Waals surface area contributed by atoms with E-state index in [9.17, 15) is 4.79 Å². The lowest BCUT2D eigenvalue weighted by molar-refractivity contribution is 0.102. The molecule has 0 aliphatic heterocycles. The first-order valence-electron chi connectivity index (χ1n) is 10.9. The van der Waals surface area contributed by atoms with Gasteiger partial charge in [0.25, 0.3) is 5.91 Å². The van der Waals surface area contributed by atoms with Gasteiger partial charge in [-0.25, -0.2) is 9.97 Å². The van der Waals surface area contributed by atoms with E-state index in [0.29, 0.717) is 35.2 Å². The third-order valence-corrected chi connectivity index (χ3v) is 5.25. The van der Waals surface area contributed by atoms with Crippen LogP contribution in [0.5, 0.6) is 11.5 Å². The van der Waals surface area contributed by atoms with E-state index in [1.54, 1.807) is 32.5 Å². The molecule has 3 aromatic carbocycles. The van der Waals surface area contributed by atoms with Gasteiger partial charge in [-0.05, 0) is 54.4 Å². The molecule has 0 spiro atoms. The van der Waals surface area contributed by atoms with Crippen LogP contribution in [0, 0.1) is 0 Å². The van der Waals surface area contributed by atoms with Gasteiger partial charge in [0.05, 0.1) is 19.9 Å².